The van der Waals surface area contributed by atoms with Crippen LogP contribution in [0, 0.1) is 0 Å². The third-order valence-corrected chi connectivity index (χ3v) is 3.26. The van der Waals surface area contributed by atoms with Gasteiger partial charge in [-0.15, -0.1) is 0 Å². The number of nitrogens with one attached hydrogen (secondary N) is 1. The van der Waals surface area contributed by atoms with Crippen molar-refractivity contribution in [3.63, 3.8) is 0 Å². The Morgan fingerprint density at radius 1 is 1.05 bits per heavy atom. The van der Waals surface area contributed by atoms with Gasteiger partial charge in [0.15, 0.2) is 0 Å². The second-order valence-corrected chi connectivity index (χ2v) is 6.38. The van der Waals surface area contributed by atoms with Crippen LogP contribution in [0.15, 0.2) is 24.3 Å². The lowest BCUT2D eigenvalue weighted by molar-refractivity contribution is -0.135. The average molecular weight is 287 g/mol. The highest BCUT2D eigenvalue weighted by Gasteiger charge is 2.26. The Labute approximate surface area is 119 Å². The van der Waals surface area contributed by atoms with Gasteiger partial charge in [0.05, 0.1) is 0 Å². The van der Waals surface area contributed by atoms with Gasteiger partial charge in [-0.2, -0.15) is 13.2 Å². The van der Waals surface area contributed by atoms with E-state index in [9.17, 15) is 13.2 Å². The van der Waals surface area contributed by atoms with E-state index in [-0.39, 0.29) is 17.9 Å². The Morgan fingerprint density at radius 2 is 1.60 bits per heavy atom. The normalized spacial score (nSPS) is 14.2. The molecule has 0 radical (unpaired) electrons. The molecule has 1 aromatic rings. The van der Waals surface area contributed by atoms with Crippen LogP contribution in [0.25, 0.3) is 0 Å². The molecule has 0 heterocycles. The highest BCUT2D eigenvalue weighted by Crippen LogP contribution is 2.25. The minimum atomic E-state index is -4.05. The maximum atomic E-state index is 12.1. The Hall–Kier alpha value is -1.19. The van der Waals surface area contributed by atoms with Crippen molar-refractivity contribution in [3.8, 4) is 0 Å². The summed E-state index contributed by atoms with van der Waals surface area (Å²) in [5, 5.41) is 3.24. The molecule has 114 valence electrons. The SMILES string of the molecule is CC(CCCC(F)(F)F)Nc1ccc(C(C)(C)C)cc1. The number of rotatable bonds is 5. The summed E-state index contributed by atoms with van der Waals surface area (Å²) < 4.78 is 36.2. The predicted octanol–water partition coefficient (Wildman–Crippen LogP) is 5.52. The van der Waals surface area contributed by atoms with E-state index in [1.54, 1.807) is 0 Å². The fourth-order valence-corrected chi connectivity index (χ4v) is 2.03. The van der Waals surface area contributed by atoms with Gasteiger partial charge in [0.25, 0.3) is 0 Å². The summed E-state index contributed by atoms with van der Waals surface area (Å²) in [4.78, 5) is 0. The molecule has 0 saturated carbocycles. The lowest BCUT2D eigenvalue weighted by Gasteiger charge is -2.20. The number of hydrogen-bond donors (Lipinski definition) is 1. The second kappa shape index (κ2) is 6.51. The van der Waals surface area contributed by atoms with Crippen LogP contribution in [0.4, 0.5) is 18.9 Å². The maximum absolute atomic E-state index is 12.1. The van der Waals surface area contributed by atoms with Crippen LogP contribution in [0.2, 0.25) is 0 Å². The first-order chi connectivity index (χ1) is 9.08. The molecule has 1 unspecified atom stereocenters. The molecule has 0 aliphatic carbocycles. The van der Waals surface area contributed by atoms with E-state index in [4.69, 9.17) is 0 Å². The molecule has 0 saturated heterocycles. The highest BCUT2D eigenvalue weighted by molar-refractivity contribution is 5.46. The van der Waals surface area contributed by atoms with Crippen LogP contribution in [0.3, 0.4) is 0 Å². The monoisotopic (exact) mass is 287 g/mol. The van der Waals surface area contributed by atoms with Crippen LogP contribution in [0.5, 0.6) is 0 Å². The van der Waals surface area contributed by atoms with E-state index in [0.717, 1.165) is 5.69 Å². The summed E-state index contributed by atoms with van der Waals surface area (Å²) in [5.41, 5.74) is 2.31. The predicted molar refractivity (Wildman–Crippen MR) is 78.1 cm³/mol. The van der Waals surface area contributed by atoms with E-state index in [1.807, 2.05) is 19.1 Å². The van der Waals surface area contributed by atoms with Crippen molar-refractivity contribution in [1.29, 1.82) is 0 Å². The molecule has 4 heteroatoms. The Bertz CT molecular complexity index is 401. The van der Waals surface area contributed by atoms with Crippen LogP contribution >= 0.6 is 0 Å². The summed E-state index contributed by atoms with van der Waals surface area (Å²) in [6.45, 7) is 8.35. The van der Waals surface area contributed by atoms with Crippen molar-refractivity contribution in [1.82, 2.24) is 0 Å². The van der Waals surface area contributed by atoms with Gasteiger partial charge in [0.2, 0.25) is 0 Å². The molecule has 0 aliphatic heterocycles. The first-order valence-corrected chi connectivity index (χ1v) is 7.02. The molecule has 0 spiro atoms. The number of halogens is 3. The molecular formula is C16H24F3N. The summed E-state index contributed by atoms with van der Waals surface area (Å²) in [6, 6.07) is 8.13. The number of alkyl halides is 3. The largest absolute Gasteiger partial charge is 0.389 e. The van der Waals surface area contributed by atoms with Crippen molar-refractivity contribution < 1.29 is 13.2 Å². The third-order valence-electron chi connectivity index (χ3n) is 3.26. The summed E-state index contributed by atoms with van der Waals surface area (Å²) >= 11 is 0. The van der Waals surface area contributed by atoms with Crippen molar-refractivity contribution in [2.75, 3.05) is 5.32 Å². The summed E-state index contributed by atoms with van der Waals surface area (Å²) in [7, 11) is 0. The van der Waals surface area contributed by atoms with Crippen LogP contribution < -0.4 is 5.32 Å². The van der Waals surface area contributed by atoms with Gasteiger partial charge in [0, 0.05) is 18.2 Å². The Balaban J connectivity index is 2.44. The molecule has 0 bridgehead atoms. The zero-order chi connectivity index (χ0) is 15.4. The smallest absolute Gasteiger partial charge is 0.383 e. The van der Waals surface area contributed by atoms with Crippen LogP contribution in [-0.4, -0.2) is 12.2 Å². The fourth-order valence-electron chi connectivity index (χ4n) is 2.03. The third kappa shape index (κ3) is 6.31. The molecule has 1 nitrogen and oxygen atoms in total. The number of benzene rings is 1. The van der Waals surface area contributed by atoms with Gasteiger partial charge in [-0.3, -0.25) is 0 Å². The molecule has 0 aromatic heterocycles. The zero-order valence-electron chi connectivity index (χ0n) is 12.6. The topological polar surface area (TPSA) is 12.0 Å². The van der Waals surface area contributed by atoms with Crippen molar-refractivity contribution in [3.05, 3.63) is 29.8 Å². The first kappa shape index (κ1) is 16.9. The molecule has 0 aliphatic rings. The number of hydrogen-bond acceptors (Lipinski definition) is 1. The lowest BCUT2D eigenvalue weighted by Crippen LogP contribution is -2.17. The molecule has 1 N–H and O–H groups in total. The fraction of sp³-hybridized carbons (Fsp3) is 0.625. The Morgan fingerprint density at radius 3 is 2.05 bits per heavy atom. The van der Waals surface area contributed by atoms with E-state index < -0.39 is 12.6 Å². The van der Waals surface area contributed by atoms with E-state index in [2.05, 4.69) is 38.2 Å². The molecule has 0 amide bonds. The molecule has 0 fully saturated rings. The molecule has 1 aromatic carbocycles. The van der Waals surface area contributed by atoms with E-state index in [0.29, 0.717) is 6.42 Å². The van der Waals surface area contributed by atoms with Crippen molar-refractivity contribution in [2.45, 2.75) is 64.6 Å². The van der Waals surface area contributed by atoms with Gasteiger partial charge in [-0.25, -0.2) is 0 Å². The summed E-state index contributed by atoms with van der Waals surface area (Å²) in [5.74, 6) is 0. The van der Waals surface area contributed by atoms with Gasteiger partial charge >= 0.3 is 6.18 Å². The van der Waals surface area contributed by atoms with Crippen molar-refractivity contribution in [2.24, 2.45) is 0 Å². The molecule has 1 atom stereocenters. The van der Waals surface area contributed by atoms with Crippen LogP contribution in [0.1, 0.15) is 52.5 Å². The Kier molecular flexibility index (Phi) is 5.49. The van der Waals surface area contributed by atoms with Gasteiger partial charge in [-0.05, 0) is 42.9 Å². The first-order valence-electron chi connectivity index (χ1n) is 7.02. The second-order valence-electron chi connectivity index (χ2n) is 6.38. The van der Waals surface area contributed by atoms with Gasteiger partial charge in [0.1, 0.15) is 0 Å². The standard InChI is InChI=1S/C16H24F3N/c1-12(6-5-11-16(17,18)19)20-14-9-7-13(8-10-14)15(2,3)4/h7-10,12,20H,5-6,11H2,1-4H3. The minimum Gasteiger partial charge on any atom is -0.383 e. The highest BCUT2D eigenvalue weighted by atomic mass is 19.4. The molecule has 20 heavy (non-hydrogen) atoms. The summed E-state index contributed by atoms with van der Waals surface area (Å²) in [6.07, 6.45) is -4.08. The average Bonchev–Trinajstić information content (AvgIpc) is 2.26. The lowest BCUT2D eigenvalue weighted by atomic mass is 9.87. The van der Waals surface area contributed by atoms with Gasteiger partial charge in [-0.1, -0.05) is 32.9 Å². The molecular weight excluding hydrogens is 263 g/mol. The van der Waals surface area contributed by atoms with E-state index >= 15 is 0 Å². The number of anilines is 1. The molecule has 1 rings (SSSR count). The van der Waals surface area contributed by atoms with Crippen LogP contribution in [-0.2, 0) is 5.41 Å². The minimum absolute atomic E-state index is 0.0397. The van der Waals surface area contributed by atoms with E-state index in [1.165, 1.54) is 5.56 Å². The van der Waals surface area contributed by atoms with Gasteiger partial charge < -0.3 is 5.32 Å². The maximum Gasteiger partial charge on any atom is 0.389 e. The zero-order valence-corrected chi connectivity index (χ0v) is 12.6. The quantitative estimate of drug-likeness (QED) is 0.752. The van der Waals surface area contributed by atoms with Crippen molar-refractivity contribution >= 4 is 5.69 Å².